The number of amides is 1. The minimum atomic E-state index is -0.158. The first-order valence-electron chi connectivity index (χ1n) is 10.8. The molecule has 2 aromatic rings. The minimum Gasteiger partial charge on any atom is -0.314 e. The van der Waals surface area contributed by atoms with Gasteiger partial charge in [-0.2, -0.15) is 4.99 Å². The molecule has 1 aromatic carbocycles. The fourth-order valence-electron chi connectivity index (χ4n) is 6.56. The lowest BCUT2D eigenvalue weighted by Gasteiger charge is -2.55. The molecule has 4 fully saturated rings. The summed E-state index contributed by atoms with van der Waals surface area (Å²) in [7, 11) is 0. The largest absolute Gasteiger partial charge is 0.314 e. The van der Waals surface area contributed by atoms with Crippen molar-refractivity contribution in [2.24, 2.45) is 28.2 Å². The van der Waals surface area contributed by atoms with Crippen molar-refractivity contribution in [1.82, 2.24) is 4.57 Å². The van der Waals surface area contributed by atoms with Gasteiger partial charge in [-0.25, -0.2) is 0 Å². The van der Waals surface area contributed by atoms with Crippen molar-refractivity contribution >= 4 is 17.2 Å². The van der Waals surface area contributed by atoms with Gasteiger partial charge in [-0.15, -0.1) is 11.3 Å². The number of rotatable bonds is 3. The Hall–Kier alpha value is -1.68. The Balaban J connectivity index is 1.54. The second-order valence-electron chi connectivity index (χ2n) is 9.60. The van der Waals surface area contributed by atoms with Crippen LogP contribution in [0.2, 0.25) is 0 Å². The first-order chi connectivity index (χ1) is 13.4. The van der Waals surface area contributed by atoms with Crippen molar-refractivity contribution in [2.75, 3.05) is 0 Å². The Morgan fingerprint density at radius 3 is 2.21 bits per heavy atom. The first-order valence-corrected chi connectivity index (χ1v) is 11.6. The van der Waals surface area contributed by atoms with Gasteiger partial charge in [0.15, 0.2) is 4.80 Å². The maximum absolute atomic E-state index is 13.5. The van der Waals surface area contributed by atoms with Crippen LogP contribution in [-0.4, -0.2) is 10.5 Å². The maximum atomic E-state index is 13.5. The van der Waals surface area contributed by atoms with E-state index in [1.165, 1.54) is 35.4 Å². The molecule has 4 bridgehead atoms. The molecule has 0 N–H and O–H groups in total. The summed E-state index contributed by atoms with van der Waals surface area (Å²) < 4.78 is 2.27. The van der Waals surface area contributed by atoms with Gasteiger partial charge in [-0.3, -0.25) is 4.79 Å². The van der Waals surface area contributed by atoms with Crippen molar-refractivity contribution in [1.29, 1.82) is 0 Å². The molecule has 4 heteroatoms. The highest BCUT2D eigenvalue weighted by Gasteiger charge is 2.54. The normalized spacial score (nSPS) is 32.7. The van der Waals surface area contributed by atoms with E-state index < -0.39 is 0 Å². The summed E-state index contributed by atoms with van der Waals surface area (Å²) in [6, 6.07) is 10.7. The van der Waals surface area contributed by atoms with Gasteiger partial charge >= 0.3 is 0 Å². The van der Waals surface area contributed by atoms with Gasteiger partial charge in [0.2, 0.25) is 0 Å². The van der Waals surface area contributed by atoms with Crippen LogP contribution >= 0.6 is 11.3 Å². The van der Waals surface area contributed by atoms with Crippen LogP contribution in [0.5, 0.6) is 0 Å². The predicted molar refractivity (Wildman–Crippen MR) is 113 cm³/mol. The predicted octanol–water partition coefficient (Wildman–Crippen LogP) is 5.42. The number of nitrogens with zero attached hydrogens (tertiary/aromatic N) is 2. The van der Waals surface area contributed by atoms with Crippen molar-refractivity contribution in [3.63, 3.8) is 0 Å². The van der Waals surface area contributed by atoms with E-state index in [9.17, 15) is 4.79 Å². The van der Waals surface area contributed by atoms with E-state index in [0.717, 1.165) is 41.8 Å². The average Bonchev–Trinajstić information content (AvgIpc) is 2.94. The van der Waals surface area contributed by atoms with Gasteiger partial charge in [0.05, 0.1) is 11.5 Å². The van der Waals surface area contributed by atoms with E-state index in [0.29, 0.717) is 0 Å². The molecule has 1 aromatic heterocycles. The summed E-state index contributed by atoms with van der Waals surface area (Å²) >= 11 is 1.67. The fourth-order valence-corrected chi connectivity index (χ4v) is 7.61. The van der Waals surface area contributed by atoms with Crippen LogP contribution in [0.15, 0.2) is 35.3 Å². The summed E-state index contributed by atoms with van der Waals surface area (Å²) in [6.07, 6.45) is 7.31. The summed E-state index contributed by atoms with van der Waals surface area (Å²) in [5.41, 5.74) is 2.32. The Bertz CT molecular complexity index is 933. The zero-order chi connectivity index (χ0) is 19.5. The van der Waals surface area contributed by atoms with Crippen LogP contribution in [0.3, 0.4) is 0 Å². The van der Waals surface area contributed by atoms with E-state index in [2.05, 4.69) is 55.7 Å². The summed E-state index contributed by atoms with van der Waals surface area (Å²) in [4.78, 5) is 20.5. The third-order valence-electron chi connectivity index (χ3n) is 7.68. The van der Waals surface area contributed by atoms with Crippen molar-refractivity contribution in [3.05, 3.63) is 51.3 Å². The van der Waals surface area contributed by atoms with E-state index in [1.807, 2.05) is 0 Å². The average molecular weight is 395 g/mol. The first kappa shape index (κ1) is 18.4. The highest BCUT2D eigenvalue weighted by molar-refractivity contribution is 7.09. The maximum Gasteiger partial charge on any atom is 0.254 e. The number of carbonyl (C=O) groups excluding carboxylic acids is 1. The zero-order valence-corrected chi connectivity index (χ0v) is 18.0. The van der Waals surface area contributed by atoms with Gasteiger partial charge < -0.3 is 4.57 Å². The molecular weight excluding hydrogens is 364 g/mol. The van der Waals surface area contributed by atoms with Crippen LogP contribution in [0.1, 0.15) is 67.6 Å². The molecule has 0 radical (unpaired) electrons. The van der Waals surface area contributed by atoms with E-state index in [1.54, 1.807) is 11.3 Å². The third-order valence-corrected chi connectivity index (χ3v) is 8.75. The highest BCUT2D eigenvalue weighted by Crippen LogP contribution is 2.60. The monoisotopic (exact) mass is 394 g/mol. The van der Waals surface area contributed by atoms with E-state index in [-0.39, 0.29) is 17.4 Å². The molecule has 3 nitrogen and oxygen atoms in total. The second-order valence-corrected chi connectivity index (χ2v) is 10.8. The molecule has 0 spiro atoms. The Kier molecular flexibility index (Phi) is 4.38. The molecule has 4 aliphatic rings. The van der Waals surface area contributed by atoms with Crippen molar-refractivity contribution in [3.8, 4) is 0 Å². The lowest BCUT2D eigenvalue weighted by molar-refractivity contribution is -0.142. The number of carbonyl (C=O) groups is 1. The second kappa shape index (κ2) is 6.69. The number of aryl methyl sites for hydroxylation is 1. The van der Waals surface area contributed by atoms with Gasteiger partial charge in [0.25, 0.3) is 5.91 Å². The van der Waals surface area contributed by atoms with Crippen LogP contribution in [-0.2, 0) is 4.79 Å². The molecule has 4 aliphatic carbocycles. The molecule has 1 amide bonds. The summed E-state index contributed by atoms with van der Waals surface area (Å²) in [5.74, 6) is 2.48. The standard InChI is InChI=1S/C24H30N2OS/c1-15-17(3)28-23(26(15)16(2)21-7-5-4-6-8-21)25-22(27)24-12-18-9-19(13-24)11-20(10-18)14-24/h4-8,16,18-20H,9-14H2,1-3H3/b25-23-. The quantitative estimate of drug-likeness (QED) is 0.684. The summed E-state index contributed by atoms with van der Waals surface area (Å²) in [5, 5.41) is 0. The van der Waals surface area contributed by atoms with Crippen LogP contribution < -0.4 is 4.80 Å². The summed E-state index contributed by atoms with van der Waals surface area (Å²) in [6.45, 7) is 6.50. The van der Waals surface area contributed by atoms with Crippen LogP contribution in [0, 0.1) is 37.0 Å². The van der Waals surface area contributed by atoms with Gasteiger partial charge in [-0.1, -0.05) is 30.3 Å². The molecular formula is C24H30N2OS. The lowest BCUT2D eigenvalue weighted by atomic mass is 9.49. The fraction of sp³-hybridized carbons (Fsp3) is 0.583. The molecule has 1 heterocycles. The van der Waals surface area contributed by atoms with Gasteiger partial charge in [-0.05, 0) is 82.6 Å². The smallest absolute Gasteiger partial charge is 0.254 e. The molecule has 1 unspecified atom stereocenters. The number of benzene rings is 1. The van der Waals surface area contributed by atoms with Gasteiger partial charge in [0.1, 0.15) is 0 Å². The Labute approximate surface area is 171 Å². The third kappa shape index (κ3) is 2.92. The van der Waals surface area contributed by atoms with Gasteiger partial charge in [0, 0.05) is 10.6 Å². The van der Waals surface area contributed by atoms with Crippen LogP contribution in [0.4, 0.5) is 0 Å². The molecule has 4 saturated carbocycles. The number of aromatic nitrogens is 1. The zero-order valence-electron chi connectivity index (χ0n) is 17.1. The molecule has 0 aliphatic heterocycles. The molecule has 148 valence electrons. The Morgan fingerprint density at radius 2 is 1.64 bits per heavy atom. The number of thiazole rings is 1. The van der Waals surface area contributed by atoms with Crippen molar-refractivity contribution in [2.45, 2.75) is 65.3 Å². The Morgan fingerprint density at radius 1 is 1.07 bits per heavy atom. The van der Waals surface area contributed by atoms with E-state index >= 15 is 0 Å². The highest BCUT2D eigenvalue weighted by atomic mass is 32.1. The SMILES string of the molecule is Cc1s/c(=N\C(=O)C23CC4CC(CC(C4)C2)C3)n(C(C)c2ccccc2)c1C. The number of hydrogen-bond acceptors (Lipinski definition) is 2. The molecule has 6 rings (SSSR count). The topological polar surface area (TPSA) is 34.4 Å². The van der Waals surface area contributed by atoms with E-state index in [4.69, 9.17) is 4.99 Å². The van der Waals surface area contributed by atoms with Crippen LogP contribution in [0.25, 0.3) is 0 Å². The van der Waals surface area contributed by atoms with Crippen molar-refractivity contribution < 1.29 is 4.79 Å². The molecule has 28 heavy (non-hydrogen) atoms. The number of hydrogen-bond donors (Lipinski definition) is 0. The lowest BCUT2D eigenvalue weighted by Crippen LogP contribution is -2.50. The minimum absolute atomic E-state index is 0.158. The molecule has 0 saturated heterocycles. The molecule has 1 atom stereocenters.